The van der Waals surface area contributed by atoms with Crippen LogP contribution >= 0.6 is 12.6 Å². The van der Waals surface area contributed by atoms with Gasteiger partial charge in [0.2, 0.25) is 0 Å². The molecule has 2 aromatic rings. The highest BCUT2D eigenvalue weighted by Gasteiger charge is 2.06. The zero-order valence-corrected chi connectivity index (χ0v) is 9.22. The van der Waals surface area contributed by atoms with E-state index < -0.39 is 4.92 Å². The van der Waals surface area contributed by atoms with E-state index in [1.54, 1.807) is 12.1 Å². The Kier molecular flexibility index (Phi) is 2.92. The van der Waals surface area contributed by atoms with Crippen LogP contribution in [0, 0.1) is 10.1 Å². The van der Waals surface area contributed by atoms with Crippen LogP contribution in [0.4, 0.5) is 5.69 Å². The largest absolute Gasteiger partial charge is 0.269 e. The van der Waals surface area contributed by atoms with E-state index >= 15 is 0 Å². The van der Waals surface area contributed by atoms with Gasteiger partial charge in [-0.15, -0.1) is 12.6 Å². The maximum absolute atomic E-state index is 10.5. The Balaban J connectivity index is 2.43. The molecule has 0 amide bonds. The van der Waals surface area contributed by atoms with Crippen LogP contribution in [-0.2, 0) is 0 Å². The fourth-order valence-corrected chi connectivity index (χ4v) is 1.77. The monoisotopic (exact) mass is 231 g/mol. The van der Waals surface area contributed by atoms with Gasteiger partial charge in [0.1, 0.15) is 0 Å². The van der Waals surface area contributed by atoms with Crippen LogP contribution < -0.4 is 0 Å². The second-order valence-electron chi connectivity index (χ2n) is 3.32. The van der Waals surface area contributed by atoms with Crippen molar-refractivity contribution in [2.24, 2.45) is 0 Å². The lowest BCUT2D eigenvalue weighted by Gasteiger charge is -2.04. The second kappa shape index (κ2) is 4.37. The molecule has 0 bridgehead atoms. The molecule has 3 nitrogen and oxygen atoms in total. The Hall–Kier alpha value is -1.81. The molecule has 0 radical (unpaired) electrons. The van der Waals surface area contributed by atoms with Crippen molar-refractivity contribution in [3.8, 4) is 11.1 Å². The fourth-order valence-electron chi connectivity index (χ4n) is 1.48. The summed E-state index contributed by atoms with van der Waals surface area (Å²) in [5, 5.41) is 10.5. The molecule has 2 rings (SSSR count). The topological polar surface area (TPSA) is 43.1 Å². The van der Waals surface area contributed by atoms with E-state index in [1.165, 1.54) is 12.1 Å². The van der Waals surface area contributed by atoms with Crippen molar-refractivity contribution in [3.63, 3.8) is 0 Å². The van der Waals surface area contributed by atoms with E-state index in [2.05, 4.69) is 12.6 Å². The summed E-state index contributed by atoms with van der Waals surface area (Å²) < 4.78 is 0. The molecule has 80 valence electrons. The van der Waals surface area contributed by atoms with Crippen molar-refractivity contribution in [2.45, 2.75) is 4.90 Å². The number of non-ortho nitro benzene ring substituents is 1. The summed E-state index contributed by atoms with van der Waals surface area (Å²) in [5.41, 5.74) is 2.00. The lowest BCUT2D eigenvalue weighted by atomic mass is 10.1. The molecule has 0 aliphatic heterocycles. The summed E-state index contributed by atoms with van der Waals surface area (Å²) in [7, 11) is 0. The maximum atomic E-state index is 10.5. The average molecular weight is 231 g/mol. The van der Waals surface area contributed by atoms with Crippen molar-refractivity contribution in [1.29, 1.82) is 0 Å². The Morgan fingerprint density at radius 2 is 1.62 bits per heavy atom. The van der Waals surface area contributed by atoms with Gasteiger partial charge in [0.25, 0.3) is 5.69 Å². The van der Waals surface area contributed by atoms with E-state index in [0.717, 1.165) is 16.0 Å². The molecule has 0 heterocycles. The molecular formula is C12H9NO2S. The van der Waals surface area contributed by atoms with Gasteiger partial charge < -0.3 is 0 Å². The van der Waals surface area contributed by atoms with Gasteiger partial charge in [0.15, 0.2) is 0 Å². The Bertz CT molecular complexity index is 523. The van der Waals surface area contributed by atoms with Crippen LogP contribution in [-0.4, -0.2) is 4.92 Å². The van der Waals surface area contributed by atoms with Crippen molar-refractivity contribution >= 4 is 18.3 Å². The highest BCUT2D eigenvalue weighted by molar-refractivity contribution is 7.80. The third kappa shape index (κ3) is 2.06. The third-order valence-electron chi connectivity index (χ3n) is 2.29. The molecule has 16 heavy (non-hydrogen) atoms. The second-order valence-corrected chi connectivity index (χ2v) is 3.80. The number of rotatable bonds is 2. The van der Waals surface area contributed by atoms with Crippen LogP contribution in [0.15, 0.2) is 53.4 Å². The smallest absolute Gasteiger partial charge is 0.258 e. The molecule has 2 aromatic carbocycles. The van der Waals surface area contributed by atoms with E-state index in [4.69, 9.17) is 0 Å². The van der Waals surface area contributed by atoms with E-state index in [9.17, 15) is 10.1 Å². The SMILES string of the molecule is O=[N+]([O-])c1ccc(-c2ccccc2S)cc1. The number of nitrogens with zero attached hydrogens (tertiary/aromatic N) is 1. The number of nitro groups is 1. The molecule has 0 N–H and O–H groups in total. The fraction of sp³-hybridized carbons (Fsp3) is 0. The molecule has 0 saturated heterocycles. The molecule has 0 atom stereocenters. The first-order valence-electron chi connectivity index (χ1n) is 4.71. The Morgan fingerprint density at radius 3 is 2.19 bits per heavy atom. The summed E-state index contributed by atoms with van der Waals surface area (Å²) in [6, 6.07) is 14.1. The molecule has 4 heteroatoms. The summed E-state index contributed by atoms with van der Waals surface area (Å²) in [6.45, 7) is 0. The number of benzene rings is 2. The van der Waals surface area contributed by atoms with Crippen LogP contribution in [0.1, 0.15) is 0 Å². The Morgan fingerprint density at radius 1 is 1.00 bits per heavy atom. The van der Waals surface area contributed by atoms with Crippen molar-refractivity contribution < 1.29 is 4.92 Å². The first-order chi connectivity index (χ1) is 7.68. The molecule has 0 unspecified atom stereocenters. The normalized spacial score (nSPS) is 10.1. The summed E-state index contributed by atoms with van der Waals surface area (Å²) in [4.78, 5) is 11.0. The minimum atomic E-state index is -0.406. The molecule has 0 fully saturated rings. The predicted molar refractivity (Wildman–Crippen MR) is 65.8 cm³/mol. The number of nitro benzene ring substituents is 1. The predicted octanol–water partition coefficient (Wildman–Crippen LogP) is 3.55. The van der Waals surface area contributed by atoms with Gasteiger partial charge in [0, 0.05) is 17.0 Å². The highest BCUT2D eigenvalue weighted by atomic mass is 32.1. The van der Waals surface area contributed by atoms with E-state index in [0.29, 0.717) is 0 Å². The third-order valence-corrected chi connectivity index (χ3v) is 2.68. The average Bonchev–Trinajstić information content (AvgIpc) is 2.30. The highest BCUT2D eigenvalue weighted by Crippen LogP contribution is 2.27. The van der Waals surface area contributed by atoms with Crippen LogP contribution in [0.2, 0.25) is 0 Å². The van der Waals surface area contributed by atoms with Crippen LogP contribution in [0.25, 0.3) is 11.1 Å². The number of hydrogen-bond donors (Lipinski definition) is 1. The lowest BCUT2D eigenvalue weighted by Crippen LogP contribution is -1.87. The molecule has 0 aliphatic carbocycles. The molecule has 0 spiro atoms. The summed E-state index contributed by atoms with van der Waals surface area (Å²) in [5.74, 6) is 0. The van der Waals surface area contributed by atoms with Gasteiger partial charge in [-0.05, 0) is 29.3 Å². The van der Waals surface area contributed by atoms with Crippen molar-refractivity contribution in [3.05, 3.63) is 58.6 Å². The molecular weight excluding hydrogens is 222 g/mol. The zero-order valence-electron chi connectivity index (χ0n) is 8.33. The summed E-state index contributed by atoms with van der Waals surface area (Å²) >= 11 is 4.34. The van der Waals surface area contributed by atoms with E-state index in [1.807, 2.05) is 24.3 Å². The molecule has 0 aromatic heterocycles. The van der Waals surface area contributed by atoms with Gasteiger partial charge >= 0.3 is 0 Å². The maximum Gasteiger partial charge on any atom is 0.269 e. The van der Waals surface area contributed by atoms with Gasteiger partial charge in [-0.25, -0.2) is 0 Å². The minimum absolute atomic E-state index is 0.0976. The van der Waals surface area contributed by atoms with Crippen molar-refractivity contribution in [2.75, 3.05) is 0 Å². The van der Waals surface area contributed by atoms with Crippen LogP contribution in [0.5, 0.6) is 0 Å². The molecule has 0 saturated carbocycles. The minimum Gasteiger partial charge on any atom is -0.258 e. The first kappa shape index (κ1) is 10.7. The van der Waals surface area contributed by atoms with Gasteiger partial charge in [-0.3, -0.25) is 10.1 Å². The van der Waals surface area contributed by atoms with Gasteiger partial charge in [-0.2, -0.15) is 0 Å². The Labute approximate surface area is 98.3 Å². The first-order valence-corrected chi connectivity index (χ1v) is 5.16. The number of thiol groups is 1. The number of hydrogen-bond acceptors (Lipinski definition) is 3. The van der Waals surface area contributed by atoms with Crippen molar-refractivity contribution in [1.82, 2.24) is 0 Å². The van der Waals surface area contributed by atoms with E-state index in [-0.39, 0.29) is 5.69 Å². The lowest BCUT2D eigenvalue weighted by molar-refractivity contribution is -0.384. The van der Waals surface area contributed by atoms with Gasteiger partial charge in [-0.1, -0.05) is 18.2 Å². The van der Waals surface area contributed by atoms with Gasteiger partial charge in [0.05, 0.1) is 4.92 Å². The summed E-state index contributed by atoms with van der Waals surface area (Å²) in [6.07, 6.45) is 0. The standard InChI is InChI=1S/C12H9NO2S/c14-13(15)10-7-5-9(6-8-10)11-3-1-2-4-12(11)16/h1-8,16H. The quantitative estimate of drug-likeness (QED) is 0.488. The molecule has 0 aliphatic rings. The van der Waals surface area contributed by atoms with Crippen LogP contribution in [0.3, 0.4) is 0 Å². The zero-order chi connectivity index (χ0) is 11.5.